The molecule has 0 aromatic heterocycles. The van der Waals surface area contributed by atoms with Crippen LogP contribution in [-0.2, 0) is 20.8 Å². The van der Waals surface area contributed by atoms with Gasteiger partial charge in [0.15, 0.2) is 5.79 Å². The molecule has 0 amide bonds. The lowest BCUT2D eigenvalue weighted by Crippen LogP contribution is -2.26. The molecule has 3 nitrogen and oxygen atoms in total. The molecular formula is C20H26O3. The zero-order chi connectivity index (χ0) is 15.5. The van der Waals surface area contributed by atoms with Crippen molar-refractivity contribution in [2.45, 2.75) is 44.5 Å². The molecule has 1 spiro atoms. The van der Waals surface area contributed by atoms with E-state index < -0.39 is 0 Å². The predicted octanol–water partition coefficient (Wildman–Crippen LogP) is 4.08. The molecule has 2 fully saturated rings. The lowest BCUT2D eigenvalue weighted by Gasteiger charge is -2.22. The Kier molecular flexibility index (Phi) is 4.52. The van der Waals surface area contributed by atoms with Gasteiger partial charge < -0.3 is 14.2 Å². The molecule has 1 saturated carbocycles. The van der Waals surface area contributed by atoms with Gasteiger partial charge in [0, 0.05) is 19.4 Å². The maximum absolute atomic E-state index is 5.86. The molecule has 2 atom stereocenters. The van der Waals surface area contributed by atoms with Crippen LogP contribution >= 0.6 is 0 Å². The Bertz CT molecular complexity index is 545. The molecule has 3 heteroatoms. The molecular weight excluding hydrogens is 288 g/mol. The highest BCUT2D eigenvalue weighted by atomic mass is 16.7. The van der Waals surface area contributed by atoms with Crippen molar-refractivity contribution < 1.29 is 14.2 Å². The first-order valence-electron chi connectivity index (χ1n) is 8.92. The first-order chi connectivity index (χ1) is 11.3. The van der Waals surface area contributed by atoms with E-state index in [4.69, 9.17) is 14.2 Å². The smallest absolute Gasteiger partial charge is 0.169 e. The van der Waals surface area contributed by atoms with Crippen LogP contribution in [0.3, 0.4) is 0 Å². The summed E-state index contributed by atoms with van der Waals surface area (Å²) in [5, 5.41) is 0. The highest BCUT2D eigenvalue weighted by molar-refractivity contribution is 5.18. The molecule has 0 unspecified atom stereocenters. The first-order valence-corrected chi connectivity index (χ1v) is 8.92. The number of allylic oxidation sites excluding steroid dienone is 2. The second kappa shape index (κ2) is 6.76. The number of benzene rings is 1. The summed E-state index contributed by atoms with van der Waals surface area (Å²) in [6.07, 6.45) is 8.18. The van der Waals surface area contributed by atoms with Gasteiger partial charge in [-0.15, -0.1) is 0 Å². The van der Waals surface area contributed by atoms with E-state index in [1.54, 1.807) is 5.57 Å². The van der Waals surface area contributed by atoms with Gasteiger partial charge >= 0.3 is 0 Å². The maximum Gasteiger partial charge on any atom is 0.169 e. The van der Waals surface area contributed by atoms with Crippen LogP contribution in [0, 0.1) is 11.8 Å². The van der Waals surface area contributed by atoms with Crippen molar-refractivity contribution in [2.75, 3.05) is 19.8 Å². The van der Waals surface area contributed by atoms with Gasteiger partial charge in [0.25, 0.3) is 0 Å². The fraction of sp³-hybridized carbons (Fsp3) is 0.600. The van der Waals surface area contributed by atoms with Crippen molar-refractivity contribution in [3.8, 4) is 0 Å². The SMILES string of the molecule is C1=C(CCCOCc2ccccc2)C[C@H]2CC3(C[C@@H]12)OCCO3. The van der Waals surface area contributed by atoms with Gasteiger partial charge in [-0.1, -0.05) is 42.0 Å². The molecule has 0 radical (unpaired) electrons. The summed E-state index contributed by atoms with van der Waals surface area (Å²) in [6.45, 7) is 3.11. The van der Waals surface area contributed by atoms with Crippen molar-refractivity contribution in [3.05, 3.63) is 47.5 Å². The average molecular weight is 314 g/mol. The van der Waals surface area contributed by atoms with Crippen molar-refractivity contribution in [3.63, 3.8) is 0 Å². The van der Waals surface area contributed by atoms with Crippen LogP contribution in [-0.4, -0.2) is 25.6 Å². The Morgan fingerprint density at radius 1 is 1.09 bits per heavy atom. The third-order valence-corrected chi connectivity index (χ3v) is 5.41. The minimum Gasteiger partial charge on any atom is -0.377 e. The molecule has 2 aliphatic carbocycles. The van der Waals surface area contributed by atoms with Crippen LogP contribution in [0.1, 0.15) is 37.7 Å². The maximum atomic E-state index is 5.86. The largest absolute Gasteiger partial charge is 0.377 e. The van der Waals surface area contributed by atoms with Gasteiger partial charge in [-0.25, -0.2) is 0 Å². The van der Waals surface area contributed by atoms with Crippen molar-refractivity contribution >= 4 is 0 Å². The summed E-state index contributed by atoms with van der Waals surface area (Å²) in [5.74, 6) is 1.19. The molecule has 124 valence electrons. The van der Waals surface area contributed by atoms with E-state index in [9.17, 15) is 0 Å². The van der Waals surface area contributed by atoms with Crippen LogP contribution in [0.15, 0.2) is 42.0 Å². The molecule has 1 aromatic carbocycles. The minimum atomic E-state index is -0.226. The highest BCUT2D eigenvalue weighted by Gasteiger charge is 2.50. The van der Waals surface area contributed by atoms with Gasteiger partial charge in [0.1, 0.15) is 0 Å². The Balaban J connectivity index is 1.17. The molecule has 1 aliphatic heterocycles. The number of rotatable bonds is 6. The summed E-state index contributed by atoms with van der Waals surface area (Å²) in [7, 11) is 0. The standard InChI is InChI=1S/C20H26O3/c1-2-5-16(6-3-1)15-21-8-4-7-17-11-18-13-20(14-19(18)12-17)22-9-10-23-20/h1-3,5-6,11,18-19H,4,7-10,12-15H2/t18-,19+/m1/s1. The van der Waals surface area contributed by atoms with E-state index in [-0.39, 0.29) is 5.79 Å². The Morgan fingerprint density at radius 2 is 1.91 bits per heavy atom. The fourth-order valence-electron chi connectivity index (χ4n) is 4.37. The van der Waals surface area contributed by atoms with E-state index in [0.717, 1.165) is 51.6 Å². The van der Waals surface area contributed by atoms with Gasteiger partial charge in [-0.3, -0.25) is 0 Å². The summed E-state index contributed by atoms with van der Waals surface area (Å²) in [6, 6.07) is 10.4. The molecule has 1 heterocycles. The molecule has 0 bridgehead atoms. The Morgan fingerprint density at radius 3 is 2.70 bits per heavy atom. The molecule has 4 rings (SSSR count). The number of fused-ring (bicyclic) bond motifs is 1. The third kappa shape index (κ3) is 3.52. The van der Waals surface area contributed by atoms with E-state index in [2.05, 4.69) is 30.3 Å². The van der Waals surface area contributed by atoms with E-state index in [1.807, 2.05) is 6.07 Å². The van der Waals surface area contributed by atoms with Gasteiger partial charge in [-0.2, -0.15) is 0 Å². The molecule has 0 N–H and O–H groups in total. The van der Waals surface area contributed by atoms with Crippen LogP contribution in [0.25, 0.3) is 0 Å². The summed E-state index contributed by atoms with van der Waals surface area (Å²) in [4.78, 5) is 0. The average Bonchev–Trinajstić information content (AvgIpc) is 3.24. The summed E-state index contributed by atoms with van der Waals surface area (Å²) < 4.78 is 17.5. The van der Waals surface area contributed by atoms with Crippen LogP contribution < -0.4 is 0 Å². The molecule has 1 aromatic rings. The van der Waals surface area contributed by atoms with Crippen molar-refractivity contribution in [1.29, 1.82) is 0 Å². The quantitative estimate of drug-likeness (QED) is 0.585. The van der Waals surface area contributed by atoms with Gasteiger partial charge in [0.05, 0.1) is 19.8 Å². The lowest BCUT2D eigenvalue weighted by atomic mass is 9.99. The predicted molar refractivity (Wildman–Crippen MR) is 88.9 cm³/mol. The van der Waals surface area contributed by atoms with Gasteiger partial charge in [-0.05, 0) is 36.7 Å². The number of hydrogen-bond donors (Lipinski definition) is 0. The Hall–Kier alpha value is -1.16. The first kappa shape index (κ1) is 15.4. The fourth-order valence-corrected chi connectivity index (χ4v) is 4.37. The topological polar surface area (TPSA) is 27.7 Å². The third-order valence-electron chi connectivity index (χ3n) is 5.41. The van der Waals surface area contributed by atoms with Crippen LogP contribution in [0.5, 0.6) is 0 Å². The number of hydrogen-bond acceptors (Lipinski definition) is 3. The normalized spacial score (nSPS) is 28.3. The Labute approximate surface area is 138 Å². The summed E-state index contributed by atoms with van der Waals surface area (Å²) in [5.41, 5.74) is 2.88. The molecule has 1 saturated heterocycles. The zero-order valence-electron chi connectivity index (χ0n) is 13.7. The summed E-state index contributed by atoms with van der Waals surface area (Å²) >= 11 is 0. The van der Waals surface area contributed by atoms with Crippen molar-refractivity contribution in [1.82, 2.24) is 0 Å². The number of ether oxygens (including phenoxy) is 3. The minimum absolute atomic E-state index is 0.226. The zero-order valence-corrected chi connectivity index (χ0v) is 13.7. The van der Waals surface area contributed by atoms with Crippen molar-refractivity contribution in [2.24, 2.45) is 11.8 Å². The monoisotopic (exact) mass is 314 g/mol. The highest BCUT2D eigenvalue weighted by Crippen LogP contribution is 2.51. The second-order valence-corrected chi connectivity index (χ2v) is 7.11. The van der Waals surface area contributed by atoms with E-state index in [1.165, 1.54) is 18.4 Å². The van der Waals surface area contributed by atoms with E-state index in [0.29, 0.717) is 5.92 Å². The van der Waals surface area contributed by atoms with Crippen LogP contribution in [0.2, 0.25) is 0 Å². The van der Waals surface area contributed by atoms with Crippen LogP contribution in [0.4, 0.5) is 0 Å². The molecule has 3 aliphatic rings. The second-order valence-electron chi connectivity index (χ2n) is 7.11. The van der Waals surface area contributed by atoms with Gasteiger partial charge in [0.2, 0.25) is 0 Å². The van der Waals surface area contributed by atoms with E-state index >= 15 is 0 Å². The lowest BCUT2D eigenvalue weighted by molar-refractivity contribution is -0.153. The molecule has 23 heavy (non-hydrogen) atoms.